The van der Waals surface area contributed by atoms with Crippen LogP contribution in [0.2, 0.25) is 0 Å². The summed E-state index contributed by atoms with van der Waals surface area (Å²) in [7, 11) is -3.70. The van der Waals surface area contributed by atoms with Crippen LogP contribution in [0.25, 0.3) is 0 Å². The average Bonchev–Trinajstić information content (AvgIpc) is 2.87. The van der Waals surface area contributed by atoms with E-state index in [0.29, 0.717) is 13.0 Å². The number of furan rings is 1. The summed E-state index contributed by atoms with van der Waals surface area (Å²) < 4.78 is 37.7. The van der Waals surface area contributed by atoms with Gasteiger partial charge in [-0.05, 0) is 25.5 Å². The first-order chi connectivity index (χ1) is 9.31. The van der Waals surface area contributed by atoms with Crippen LogP contribution in [0, 0.1) is 5.41 Å². The molecule has 0 radical (unpaired) electrons. The van der Waals surface area contributed by atoms with Gasteiger partial charge < -0.3 is 14.3 Å². The van der Waals surface area contributed by atoms with Gasteiger partial charge >= 0.3 is 0 Å². The minimum absolute atomic E-state index is 0.0600. The van der Waals surface area contributed by atoms with Crippen molar-refractivity contribution in [1.29, 1.82) is 0 Å². The van der Waals surface area contributed by atoms with E-state index < -0.39 is 10.0 Å². The number of sulfonamides is 1. The average molecular weight is 303 g/mol. The molecule has 7 heteroatoms. The lowest BCUT2D eigenvalue weighted by Gasteiger charge is -2.51. The fourth-order valence-electron chi connectivity index (χ4n) is 2.40. The van der Waals surface area contributed by atoms with Crippen LogP contribution in [0.3, 0.4) is 0 Å². The maximum absolute atomic E-state index is 12.2. The second-order valence-corrected chi connectivity index (χ2v) is 7.20. The largest absolute Gasteiger partial charge is 0.446 e. The van der Waals surface area contributed by atoms with Crippen LogP contribution in [-0.2, 0) is 21.4 Å². The van der Waals surface area contributed by atoms with E-state index in [-0.39, 0.29) is 35.0 Å². The molecule has 0 amide bonds. The van der Waals surface area contributed by atoms with Crippen LogP contribution >= 0.6 is 0 Å². The molecular weight excluding hydrogens is 282 g/mol. The SMILES string of the molecule is CCOC1CC(NS(=O)(=O)c2ccc(CO)o2)C1(C)C. The van der Waals surface area contributed by atoms with Crippen LogP contribution in [0.15, 0.2) is 21.6 Å². The summed E-state index contributed by atoms with van der Waals surface area (Å²) in [6.45, 7) is 6.17. The Balaban J connectivity index is 2.07. The molecule has 1 saturated carbocycles. The van der Waals surface area contributed by atoms with Gasteiger partial charge in [-0.25, -0.2) is 13.1 Å². The van der Waals surface area contributed by atoms with Crippen molar-refractivity contribution in [2.24, 2.45) is 5.41 Å². The number of rotatable bonds is 6. The monoisotopic (exact) mass is 303 g/mol. The molecule has 0 aliphatic heterocycles. The second-order valence-electron chi connectivity index (χ2n) is 5.55. The summed E-state index contributed by atoms with van der Waals surface area (Å²) in [5.41, 5.74) is -0.254. The molecule has 0 aromatic carbocycles. The van der Waals surface area contributed by atoms with E-state index in [1.807, 2.05) is 20.8 Å². The second kappa shape index (κ2) is 5.48. The van der Waals surface area contributed by atoms with Crippen molar-refractivity contribution < 1.29 is 22.7 Å². The summed E-state index contributed by atoms with van der Waals surface area (Å²) in [6, 6.07) is 2.61. The molecule has 0 saturated heterocycles. The quantitative estimate of drug-likeness (QED) is 0.826. The fourth-order valence-corrected chi connectivity index (χ4v) is 3.76. The maximum Gasteiger partial charge on any atom is 0.274 e. The highest BCUT2D eigenvalue weighted by Crippen LogP contribution is 2.43. The van der Waals surface area contributed by atoms with Gasteiger partial charge in [0, 0.05) is 18.1 Å². The highest BCUT2D eigenvalue weighted by Gasteiger charge is 2.50. The lowest BCUT2D eigenvalue weighted by molar-refractivity contribution is -0.108. The number of aliphatic hydroxyl groups is 1. The van der Waals surface area contributed by atoms with E-state index in [4.69, 9.17) is 14.3 Å². The molecule has 1 aromatic rings. The number of hydrogen-bond acceptors (Lipinski definition) is 5. The van der Waals surface area contributed by atoms with E-state index >= 15 is 0 Å². The first-order valence-electron chi connectivity index (χ1n) is 6.64. The zero-order valence-corrected chi connectivity index (χ0v) is 12.7. The van der Waals surface area contributed by atoms with Gasteiger partial charge in [-0.3, -0.25) is 0 Å². The fraction of sp³-hybridized carbons (Fsp3) is 0.692. The van der Waals surface area contributed by atoms with Gasteiger partial charge in [0.05, 0.1) is 6.10 Å². The predicted molar refractivity (Wildman–Crippen MR) is 72.6 cm³/mol. The Morgan fingerprint density at radius 3 is 2.70 bits per heavy atom. The van der Waals surface area contributed by atoms with Gasteiger partial charge in [-0.2, -0.15) is 0 Å². The molecule has 114 valence electrons. The summed E-state index contributed by atoms with van der Waals surface area (Å²) in [4.78, 5) is 0. The van der Waals surface area contributed by atoms with E-state index in [1.54, 1.807) is 0 Å². The van der Waals surface area contributed by atoms with E-state index in [0.717, 1.165) is 0 Å². The van der Waals surface area contributed by atoms with Gasteiger partial charge in [0.15, 0.2) is 0 Å². The topological polar surface area (TPSA) is 88.8 Å². The van der Waals surface area contributed by atoms with Gasteiger partial charge in [0.1, 0.15) is 12.4 Å². The molecule has 20 heavy (non-hydrogen) atoms. The Morgan fingerprint density at radius 1 is 1.50 bits per heavy atom. The smallest absolute Gasteiger partial charge is 0.274 e. The van der Waals surface area contributed by atoms with Crippen molar-refractivity contribution in [1.82, 2.24) is 4.72 Å². The number of hydrogen-bond donors (Lipinski definition) is 2. The van der Waals surface area contributed by atoms with Crippen LogP contribution in [0.1, 0.15) is 33.0 Å². The molecule has 1 aliphatic carbocycles. The van der Waals surface area contributed by atoms with Crippen LogP contribution in [0.5, 0.6) is 0 Å². The van der Waals surface area contributed by atoms with Crippen molar-refractivity contribution in [2.45, 2.75) is 51.0 Å². The molecule has 2 rings (SSSR count). The third kappa shape index (κ3) is 2.76. The number of nitrogens with one attached hydrogen (secondary N) is 1. The molecular formula is C13H21NO5S. The third-order valence-electron chi connectivity index (χ3n) is 3.90. The van der Waals surface area contributed by atoms with Crippen LogP contribution in [-0.4, -0.2) is 32.3 Å². The zero-order valence-electron chi connectivity index (χ0n) is 11.9. The van der Waals surface area contributed by atoms with Gasteiger partial charge in [0.25, 0.3) is 10.0 Å². The highest BCUT2D eigenvalue weighted by atomic mass is 32.2. The van der Waals surface area contributed by atoms with Crippen molar-refractivity contribution in [3.05, 3.63) is 17.9 Å². The Bertz CT molecular complexity index is 563. The number of aliphatic hydroxyl groups excluding tert-OH is 1. The maximum atomic E-state index is 12.2. The molecule has 0 bridgehead atoms. The predicted octanol–water partition coefficient (Wildman–Crippen LogP) is 1.25. The standard InChI is InChI=1S/C13H21NO5S/c1-4-18-11-7-10(13(11,2)3)14-20(16,17)12-6-5-9(8-15)19-12/h5-6,10-11,14-15H,4,7-8H2,1-3H3. The summed E-state index contributed by atoms with van der Waals surface area (Å²) in [5, 5.41) is 8.74. The lowest BCUT2D eigenvalue weighted by atomic mass is 9.65. The van der Waals surface area contributed by atoms with Crippen LogP contribution in [0.4, 0.5) is 0 Å². The Morgan fingerprint density at radius 2 is 2.20 bits per heavy atom. The normalized spacial score (nSPS) is 25.4. The molecule has 2 atom stereocenters. The number of ether oxygens (including phenoxy) is 1. The Kier molecular flexibility index (Phi) is 4.24. The van der Waals surface area contributed by atoms with Gasteiger partial charge in [0.2, 0.25) is 5.09 Å². The third-order valence-corrected chi connectivity index (χ3v) is 5.24. The molecule has 0 spiro atoms. The first-order valence-corrected chi connectivity index (χ1v) is 8.13. The molecule has 2 unspecified atom stereocenters. The Hall–Kier alpha value is -0.890. The molecule has 1 fully saturated rings. The van der Waals surface area contributed by atoms with Gasteiger partial charge in [-0.15, -0.1) is 0 Å². The van der Waals surface area contributed by atoms with Crippen molar-refractivity contribution in [2.75, 3.05) is 6.61 Å². The zero-order chi connectivity index (χ0) is 15.0. The molecule has 2 N–H and O–H groups in total. The highest BCUT2D eigenvalue weighted by molar-refractivity contribution is 7.89. The minimum Gasteiger partial charge on any atom is -0.446 e. The first kappa shape index (κ1) is 15.5. The Labute approximate surface area is 119 Å². The summed E-state index contributed by atoms with van der Waals surface area (Å²) in [6.07, 6.45) is 0.706. The van der Waals surface area contributed by atoms with Crippen molar-refractivity contribution >= 4 is 10.0 Å². The molecule has 1 aliphatic rings. The van der Waals surface area contributed by atoms with Gasteiger partial charge in [-0.1, -0.05) is 13.8 Å². The summed E-state index contributed by atoms with van der Waals surface area (Å²) in [5.74, 6) is 0.227. The van der Waals surface area contributed by atoms with Crippen LogP contribution < -0.4 is 4.72 Å². The minimum atomic E-state index is -3.70. The van der Waals surface area contributed by atoms with Crippen molar-refractivity contribution in [3.8, 4) is 0 Å². The van der Waals surface area contributed by atoms with Crippen molar-refractivity contribution in [3.63, 3.8) is 0 Å². The lowest BCUT2D eigenvalue weighted by Crippen LogP contribution is -2.61. The molecule has 1 heterocycles. The molecule has 6 nitrogen and oxygen atoms in total. The molecule has 1 aromatic heterocycles. The van der Waals surface area contributed by atoms with E-state index in [9.17, 15) is 8.42 Å². The van der Waals surface area contributed by atoms with E-state index in [1.165, 1.54) is 12.1 Å². The van der Waals surface area contributed by atoms with E-state index in [2.05, 4.69) is 4.72 Å². The summed E-state index contributed by atoms with van der Waals surface area (Å²) >= 11 is 0.